The monoisotopic (exact) mass is 487 g/mol. The maximum absolute atomic E-state index is 13.0. The summed E-state index contributed by atoms with van der Waals surface area (Å²) in [5.41, 5.74) is 3.67. The van der Waals surface area contributed by atoms with Gasteiger partial charge in [0.15, 0.2) is 0 Å². The van der Waals surface area contributed by atoms with Crippen molar-refractivity contribution in [2.24, 2.45) is 0 Å². The Morgan fingerprint density at radius 1 is 1.15 bits per heavy atom. The molecule has 9 heteroatoms. The predicted molar refractivity (Wildman–Crippen MR) is 129 cm³/mol. The van der Waals surface area contributed by atoms with Gasteiger partial charge in [0.2, 0.25) is 0 Å². The van der Waals surface area contributed by atoms with Crippen molar-refractivity contribution in [3.63, 3.8) is 0 Å². The molecule has 0 saturated carbocycles. The van der Waals surface area contributed by atoms with Crippen molar-refractivity contribution >= 4 is 29.3 Å². The zero-order valence-electron chi connectivity index (χ0n) is 19.5. The molecule has 172 valence electrons. The number of hydrogen-bond donors (Lipinski definition) is 2. The van der Waals surface area contributed by atoms with E-state index in [1.165, 1.54) is 11.8 Å². The van der Waals surface area contributed by atoms with Gasteiger partial charge in [0, 0.05) is 24.4 Å². The number of carboxylic acid groups (broad SMARTS) is 1. The number of hydrogen-bond acceptors (Lipinski definition) is 7. The molecule has 0 fully saturated rings. The second-order valence-electron chi connectivity index (χ2n) is 7.30. The van der Waals surface area contributed by atoms with Crippen LogP contribution in [-0.2, 0) is 11.3 Å². The molecule has 0 radical (unpaired) electrons. The molecule has 2 aromatic carbocycles. The predicted octanol–water partition coefficient (Wildman–Crippen LogP) is -0.0253. The number of methoxy groups -OCH3 is 1. The van der Waals surface area contributed by atoms with Crippen LogP contribution in [0, 0.1) is 0 Å². The van der Waals surface area contributed by atoms with Crippen LogP contribution in [0.2, 0.25) is 0 Å². The number of thioether (sulfide) groups is 1. The number of nitrogens with zero attached hydrogens (tertiary/aromatic N) is 1. The van der Waals surface area contributed by atoms with E-state index in [1.54, 1.807) is 31.6 Å². The molecular weight excluding hydrogens is 461 g/mol. The number of nitrogens with one attached hydrogen (secondary N) is 2. The van der Waals surface area contributed by atoms with Crippen LogP contribution in [0.15, 0.2) is 67.0 Å². The van der Waals surface area contributed by atoms with Gasteiger partial charge in [-0.3, -0.25) is 9.78 Å². The Morgan fingerprint density at radius 3 is 2.59 bits per heavy atom. The number of carbonyl (C=O) groups is 2. The Kier molecular flexibility index (Phi) is 11.4. The van der Waals surface area contributed by atoms with Crippen molar-refractivity contribution in [3.8, 4) is 16.9 Å². The number of ether oxygens (including phenoxy) is 1. The summed E-state index contributed by atoms with van der Waals surface area (Å²) in [4.78, 5) is 28.7. The number of rotatable bonds is 11. The Bertz CT molecular complexity index is 1100. The molecule has 0 bridgehead atoms. The minimum Gasteiger partial charge on any atom is -0.548 e. The molecule has 3 rings (SSSR count). The van der Waals surface area contributed by atoms with Crippen LogP contribution in [0.3, 0.4) is 0 Å². The maximum atomic E-state index is 13.0. The first kappa shape index (κ1) is 27.7. The summed E-state index contributed by atoms with van der Waals surface area (Å²) in [6.45, 7) is 0.485. The van der Waals surface area contributed by atoms with Gasteiger partial charge < -0.3 is 25.3 Å². The molecule has 7 nitrogen and oxygen atoms in total. The van der Waals surface area contributed by atoms with Gasteiger partial charge in [0.05, 0.1) is 31.0 Å². The first-order valence-corrected chi connectivity index (χ1v) is 11.8. The molecule has 0 saturated heterocycles. The molecule has 1 amide bonds. The summed E-state index contributed by atoms with van der Waals surface area (Å²) in [7, 11) is 1.60. The van der Waals surface area contributed by atoms with E-state index in [2.05, 4.69) is 15.6 Å². The van der Waals surface area contributed by atoms with Crippen molar-refractivity contribution in [2.45, 2.75) is 19.0 Å². The molecular formula is C25H26N3NaO4S. The van der Waals surface area contributed by atoms with Gasteiger partial charge >= 0.3 is 29.6 Å². The minimum atomic E-state index is -1.29. The van der Waals surface area contributed by atoms with E-state index in [-0.39, 0.29) is 29.6 Å². The smallest absolute Gasteiger partial charge is 0.548 e. The Balaban J connectivity index is 0.00000408. The molecule has 0 aliphatic heterocycles. The van der Waals surface area contributed by atoms with Gasteiger partial charge in [-0.1, -0.05) is 36.4 Å². The minimum absolute atomic E-state index is 0. The average molecular weight is 488 g/mol. The third kappa shape index (κ3) is 7.50. The number of aromatic nitrogens is 1. The number of aliphatic carboxylic acids is 1. The molecule has 0 aliphatic carbocycles. The average Bonchev–Trinajstić information content (AvgIpc) is 2.85. The summed E-state index contributed by atoms with van der Waals surface area (Å²) < 4.78 is 5.35. The number of carboxylic acids is 1. The summed E-state index contributed by atoms with van der Waals surface area (Å²) in [6, 6.07) is 15.7. The van der Waals surface area contributed by atoms with E-state index in [9.17, 15) is 14.7 Å². The molecule has 1 atom stereocenters. The third-order valence-corrected chi connectivity index (χ3v) is 5.74. The molecule has 1 heterocycles. The fraction of sp³-hybridized carbons (Fsp3) is 0.240. The molecule has 2 N–H and O–H groups in total. The van der Waals surface area contributed by atoms with Crippen molar-refractivity contribution < 1.29 is 49.0 Å². The quantitative estimate of drug-likeness (QED) is 0.366. The van der Waals surface area contributed by atoms with Crippen LogP contribution in [0.4, 0.5) is 5.69 Å². The van der Waals surface area contributed by atoms with Gasteiger partial charge in [-0.05, 0) is 47.3 Å². The third-order valence-electron chi connectivity index (χ3n) is 5.10. The fourth-order valence-electron chi connectivity index (χ4n) is 3.37. The fourth-order valence-corrected chi connectivity index (χ4v) is 3.84. The zero-order valence-corrected chi connectivity index (χ0v) is 22.4. The number of pyridine rings is 1. The first-order chi connectivity index (χ1) is 16.0. The molecule has 3 aromatic rings. The van der Waals surface area contributed by atoms with Crippen molar-refractivity contribution in [2.75, 3.05) is 24.4 Å². The summed E-state index contributed by atoms with van der Waals surface area (Å²) in [5.74, 6) is -0.447. The summed E-state index contributed by atoms with van der Waals surface area (Å²) in [5, 5.41) is 17.4. The van der Waals surface area contributed by atoms with Crippen LogP contribution < -0.4 is 50.0 Å². The molecule has 0 aliphatic rings. The van der Waals surface area contributed by atoms with E-state index in [1.807, 2.05) is 48.7 Å². The Labute approximate surface area is 226 Å². The van der Waals surface area contributed by atoms with Gasteiger partial charge in [-0.2, -0.15) is 11.8 Å². The van der Waals surface area contributed by atoms with Crippen LogP contribution in [-0.4, -0.2) is 42.0 Å². The van der Waals surface area contributed by atoms with E-state index in [0.717, 1.165) is 16.8 Å². The second-order valence-corrected chi connectivity index (χ2v) is 8.29. The first-order valence-electron chi connectivity index (χ1n) is 10.4. The topological polar surface area (TPSA) is 103 Å². The van der Waals surface area contributed by atoms with Crippen LogP contribution >= 0.6 is 11.8 Å². The van der Waals surface area contributed by atoms with Gasteiger partial charge in [-0.25, -0.2) is 0 Å². The number of carbonyl (C=O) groups excluding carboxylic acids is 2. The molecule has 0 spiro atoms. The van der Waals surface area contributed by atoms with Crippen LogP contribution in [0.5, 0.6) is 5.75 Å². The van der Waals surface area contributed by atoms with Crippen molar-refractivity contribution in [1.82, 2.24) is 10.3 Å². The van der Waals surface area contributed by atoms with Crippen molar-refractivity contribution in [3.05, 3.63) is 78.1 Å². The Morgan fingerprint density at radius 2 is 1.91 bits per heavy atom. The summed E-state index contributed by atoms with van der Waals surface area (Å²) in [6.07, 6.45) is 5.53. The molecule has 34 heavy (non-hydrogen) atoms. The van der Waals surface area contributed by atoms with Crippen molar-refractivity contribution in [1.29, 1.82) is 0 Å². The van der Waals surface area contributed by atoms with E-state index < -0.39 is 17.9 Å². The number of benzene rings is 2. The second kappa shape index (κ2) is 14.0. The van der Waals surface area contributed by atoms with Crippen LogP contribution in [0.25, 0.3) is 11.1 Å². The van der Waals surface area contributed by atoms with Crippen LogP contribution in [0.1, 0.15) is 22.3 Å². The van der Waals surface area contributed by atoms with E-state index >= 15 is 0 Å². The van der Waals surface area contributed by atoms with Gasteiger partial charge in [-0.15, -0.1) is 0 Å². The molecule has 1 unspecified atom stereocenters. The standard InChI is InChI=1S/C25H27N3O4S.Na/c1-32-23-10-12-26-16-22(23)27-15-17-8-9-19(20(14-17)18-6-4-3-5-7-18)24(29)28-21(25(30)31)11-13-33-2;/h3-10,12,14,16,21,27H,11,13,15H2,1-2H3,(H,28,29)(H,30,31);/q;+1/p-1. The largest absolute Gasteiger partial charge is 1.00 e. The number of anilines is 1. The SMILES string of the molecule is COc1ccncc1NCc1ccc(C(=O)NC(CCSC)C(=O)[O-])c(-c2ccccc2)c1.[Na+]. The summed E-state index contributed by atoms with van der Waals surface area (Å²) >= 11 is 1.52. The normalized spacial score (nSPS) is 11.1. The number of amides is 1. The Hall–Kier alpha value is -2.52. The van der Waals surface area contributed by atoms with Gasteiger partial charge in [0.1, 0.15) is 5.75 Å². The zero-order chi connectivity index (χ0) is 23.6. The maximum Gasteiger partial charge on any atom is 1.00 e. The van der Waals surface area contributed by atoms with E-state index in [0.29, 0.717) is 35.6 Å². The van der Waals surface area contributed by atoms with E-state index in [4.69, 9.17) is 4.74 Å². The van der Waals surface area contributed by atoms with Gasteiger partial charge in [0.25, 0.3) is 5.91 Å². The molecule has 1 aromatic heterocycles.